The summed E-state index contributed by atoms with van der Waals surface area (Å²) in [7, 11) is 0. The maximum Gasteiger partial charge on any atom is 0.407 e. The molecule has 1 amide bonds. The van der Waals surface area contributed by atoms with Crippen LogP contribution in [-0.2, 0) is 6.54 Å². The summed E-state index contributed by atoms with van der Waals surface area (Å²) in [6.07, 6.45) is 4.70. The molecule has 1 aliphatic heterocycles. The largest absolute Gasteiger partial charge is 0.465 e. The van der Waals surface area contributed by atoms with E-state index in [-0.39, 0.29) is 6.04 Å². The maximum atomic E-state index is 11.5. The first-order valence-electron chi connectivity index (χ1n) is 8.07. The Morgan fingerprint density at radius 3 is 2.67 bits per heavy atom. The molecule has 2 heterocycles. The lowest BCUT2D eigenvalue weighted by Gasteiger charge is -2.38. The van der Waals surface area contributed by atoms with E-state index in [2.05, 4.69) is 22.0 Å². The molecule has 5 heteroatoms. The second kappa shape index (κ2) is 7.75. The molecular formula is C19H21N3O2. The van der Waals surface area contributed by atoms with Crippen LogP contribution in [0, 0.1) is 0 Å². The normalized spacial score (nSPS) is 18.8. The summed E-state index contributed by atoms with van der Waals surface area (Å²) in [4.78, 5) is 19.5. The Bertz CT molecular complexity index is 688. The molecule has 0 bridgehead atoms. The Hall–Kier alpha value is -2.66. The third-order valence-corrected chi connectivity index (χ3v) is 4.17. The van der Waals surface area contributed by atoms with Gasteiger partial charge in [0.1, 0.15) is 0 Å². The fourth-order valence-electron chi connectivity index (χ4n) is 2.94. The Morgan fingerprint density at radius 1 is 1.17 bits per heavy atom. The molecule has 0 radical (unpaired) electrons. The quantitative estimate of drug-likeness (QED) is 0.940. The minimum absolute atomic E-state index is 0.165. The molecule has 24 heavy (non-hydrogen) atoms. The van der Waals surface area contributed by atoms with E-state index >= 15 is 0 Å². The third kappa shape index (κ3) is 4.20. The van der Waals surface area contributed by atoms with Gasteiger partial charge in [-0.2, -0.15) is 0 Å². The van der Waals surface area contributed by atoms with Gasteiger partial charge in [0.25, 0.3) is 0 Å². The van der Waals surface area contributed by atoms with Crippen LogP contribution in [-0.4, -0.2) is 51.7 Å². The standard InChI is InChI=1S/C19H21N3O2/c23-19(24)22-13-12-21(14-16-6-2-1-3-7-16)15-18(22)10-9-17-8-4-5-11-20-17/h1-11,18H,12-15H2,(H,23,24)/b10-9+/t18-/m1/s1. The number of hydrogen-bond donors (Lipinski definition) is 1. The molecule has 0 aliphatic carbocycles. The second-order valence-corrected chi connectivity index (χ2v) is 5.88. The molecule has 1 N–H and O–H groups in total. The van der Waals surface area contributed by atoms with Gasteiger partial charge in [-0.1, -0.05) is 42.5 Å². The first-order chi connectivity index (χ1) is 11.7. The van der Waals surface area contributed by atoms with Crippen molar-refractivity contribution in [2.75, 3.05) is 19.6 Å². The summed E-state index contributed by atoms with van der Waals surface area (Å²) >= 11 is 0. The maximum absolute atomic E-state index is 11.5. The van der Waals surface area contributed by atoms with E-state index in [1.54, 1.807) is 6.20 Å². The van der Waals surface area contributed by atoms with E-state index in [1.807, 2.05) is 48.6 Å². The van der Waals surface area contributed by atoms with Crippen LogP contribution in [0.2, 0.25) is 0 Å². The molecule has 2 aromatic rings. The van der Waals surface area contributed by atoms with Gasteiger partial charge in [-0.3, -0.25) is 14.8 Å². The van der Waals surface area contributed by atoms with Gasteiger partial charge in [0.2, 0.25) is 0 Å². The molecule has 1 aliphatic rings. The van der Waals surface area contributed by atoms with E-state index in [0.717, 1.165) is 18.8 Å². The average molecular weight is 323 g/mol. The molecule has 0 saturated carbocycles. The van der Waals surface area contributed by atoms with Crippen LogP contribution in [0.15, 0.2) is 60.8 Å². The summed E-state index contributed by atoms with van der Waals surface area (Å²) in [5, 5.41) is 9.44. The SMILES string of the molecule is O=C(O)N1CCN(Cc2ccccc2)C[C@H]1/C=C/c1ccccn1. The van der Waals surface area contributed by atoms with E-state index in [1.165, 1.54) is 10.5 Å². The predicted octanol–water partition coefficient (Wildman–Crippen LogP) is 2.96. The van der Waals surface area contributed by atoms with Crippen LogP contribution in [0.5, 0.6) is 0 Å². The lowest BCUT2D eigenvalue weighted by Crippen LogP contribution is -2.53. The number of hydrogen-bond acceptors (Lipinski definition) is 3. The zero-order valence-corrected chi connectivity index (χ0v) is 13.5. The summed E-state index contributed by atoms with van der Waals surface area (Å²) < 4.78 is 0. The van der Waals surface area contributed by atoms with Crippen molar-refractivity contribution in [1.82, 2.24) is 14.8 Å². The van der Waals surface area contributed by atoms with Crippen LogP contribution in [0.3, 0.4) is 0 Å². The van der Waals surface area contributed by atoms with Gasteiger partial charge in [-0.25, -0.2) is 4.79 Å². The monoisotopic (exact) mass is 323 g/mol. The number of nitrogens with zero attached hydrogens (tertiary/aromatic N) is 3. The van der Waals surface area contributed by atoms with Crippen LogP contribution in [0.4, 0.5) is 4.79 Å². The van der Waals surface area contributed by atoms with Crippen molar-refractivity contribution in [3.63, 3.8) is 0 Å². The fraction of sp³-hybridized carbons (Fsp3) is 0.263. The molecule has 124 valence electrons. The van der Waals surface area contributed by atoms with Crippen molar-refractivity contribution in [2.45, 2.75) is 12.6 Å². The molecule has 1 aromatic heterocycles. The van der Waals surface area contributed by atoms with Crippen LogP contribution >= 0.6 is 0 Å². The minimum Gasteiger partial charge on any atom is -0.465 e. The Morgan fingerprint density at radius 2 is 1.96 bits per heavy atom. The molecule has 1 fully saturated rings. The molecule has 1 aromatic carbocycles. The Labute approximate surface area is 141 Å². The smallest absolute Gasteiger partial charge is 0.407 e. The average Bonchev–Trinajstić information content (AvgIpc) is 2.61. The highest BCUT2D eigenvalue weighted by Gasteiger charge is 2.28. The second-order valence-electron chi connectivity index (χ2n) is 5.88. The van der Waals surface area contributed by atoms with Gasteiger partial charge in [0.05, 0.1) is 11.7 Å². The topological polar surface area (TPSA) is 56.7 Å². The van der Waals surface area contributed by atoms with Crippen LogP contribution < -0.4 is 0 Å². The van der Waals surface area contributed by atoms with Gasteiger partial charge in [-0.05, 0) is 23.8 Å². The van der Waals surface area contributed by atoms with Crippen molar-refractivity contribution in [3.8, 4) is 0 Å². The summed E-state index contributed by atoms with van der Waals surface area (Å²) in [6, 6.07) is 15.8. The summed E-state index contributed by atoms with van der Waals surface area (Å²) in [5.41, 5.74) is 2.08. The van der Waals surface area contributed by atoms with E-state index in [4.69, 9.17) is 0 Å². The fourth-order valence-corrected chi connectivity index (χ4v) is 2.94. The first-order valence-corrected chi connectivity index (χ1v) is 8.07. The number of pyridine rings is 1. The van der Waals surface area contributed by atoms with Crippen molar-refractivity contribution in [1.29, 1.82) is 0 Å². The lowest BCUT2D eigenvalue weighted by atomic mass is 10.1. The molecule has 0 spiro atoms. The number of carbonyl (C=O) groups is 1. The van der Waals surface area contributed by atoms with E-state index < -0.39 is 6.09 Å². The minimum atomic E-state index is -0.870. The van der Waals surface area contributed by atoms with Gasteiger partial charge in [0.15, 0.2) is 0 Å². The van der Waals surface area contributed by atoms with E-state index in [0.29, 0.717) is 13.1 Å². The predicted molar refractivity (Wildman–Crippen MR) is 93.5 cm³/mol. The lowest BCUT2D eigenvalue weighted by molar-refractivity contribution is 0.0806. The zero-order chi connectivity index (χ0) is 16.8. The molecule has 1 saturated heterocycles. The number of benzene rings is 1. The van der Waals surface area contributed by atoms with Gasteiger partial charge in [0, 0.05) is 32.4 Å². The molecule has 5 nitrogen and oxygen atoms in total. The van der Waals surface area contributed by atoms with Crippen molar-refractivity contribution in [2.24, 2.45) is 0 Å². The number of carboxylic acid groups (broad SMARTS) is 1. The molecule has 1 atom stereocenters. The number of piperazine rings is 1. The van der Waals surface area contributed by atoms with Gasteiger partial charge < -0.3 is 5.11 Å². The van der Waals surface area contributed by atoms with Crippen LogP contribution in [0.1, 0.15) is 11.3 Å². The highest BCUT2D eigenvalue weighted by atomic mass is 16.4. The third-order valence-electron chi connectivity index (χ3n) is 4.17. The van der Waals surface area contributed by atoms with Crippen molar-refractivity contribution >= 4 is 12.2 Å². The number of amides is 1. The molecule has 3 rings (SSSR count). The van der Waals surface area contributed by atoms with Crippen molar-refractivity contribution < 1.29 is 9.90 Å². The first kappa shape index (κ1) is 16.2. The summed E-state index contributed by atoms with van der Waals surface area (Å²) in [5.74, 6) is 0. The zero-order valence-electron chi connectivity index (χ0n) is 13.5. The highest BCUT2D eigenvalue weighted by Crippen LogP contribution is 2.15. The van der Waals surface area contributed by atoms with Crippen molar-refractivity contribution in [3.05, 3.63) is 72.1 Å². The number of aromatic nitrogens is 1. The van der Waals surface area contributed by atoms with Gasteiger partial charge in [-0.15, -0.1) is 0 Å². The van der Waals surface area contributed by atoms with Gasteiger partial charge >= 0.3 is 6.09 Å². The van der Waals surface area contributed by atoms with E-state index in [9.17, 15) is 9.90 Å². The Balaban J connectivity index is 1.70. The van der Waals surface area contributed by atoms with Crippen LogP contribution in [0.25, 0.3) is 6.08 Å². The number of rotatable bonds is 4. The molecule has 0 unspecified atom stereocenters. The molecular weight excluding hydrogens is 302 g/mol. The summed E-state index contributed by atoms with van der Waals surface area (Å²) in [6.45, 7) is 2.78. The highest BCUT2D eigenvalue weighted by molar-refractivity contribution is 5.66. The Kier molecular flexibility index (Phi) is 5.23.